The van der Waals surface area contributed by atoms with Crippen LogP contribution < -0.4 is 43.4 Å². The van der Waals surface area contributed by atoms with E-state index in [4.69, 9.17) is 22.0 Å². The molecule has 0 fully saturated rings. The van der Waals surface area contributed by atoms with Crippen LogP contribution in [0.2, 0.25) is 0 Å². The number of hydrogen-bond acceptors (Lipinski definition) is 8. The first-order valence-electron chi connectivity index (χ1n) is 11.4. The van der Waals surface area contributed by atoms with Crippen molar-refractivity contribution in [1.82, 2.24) is 31.9 Å². The second kappa shape index (κ2) is 18.1. The molecule has 0 saturated heterocycles. The highest BCUT2D eigenvalue weighted by atomic mass is 16.4. The molecular formula is C21H37N9O7. The third-order valence-corrected chi connectivity index (χ3v) is 4.66. The van der Waals surface area contributed by atoms with E-state index in [-0.39, 0.29) is 18.9 Å². The molecule has 37 heavy (non-hydrogen) atoms. The van der Waals surface area contributed by atoms with Crippen LogP contribution in [0.3, 0.4) is 0 Å². The van der Waals surface area contributed by atoms with Crippen molar-refractivity contribution >= 4 is 41.5 Å². The van der Waals surface area contributed by atoms with Gasteiger partial charge in [0, 0.05) is 20.5 Å². The monoisotopic (exact) mass is 527 g/mol. The highest BCUT2D eigenvalue weighted by Gasteiger charge is 2.26. The number of carbonyl (C=O) groups is 6. The first-order valence-corrected chi connectivity index (χ1v) is 11.4. The quantitative estimate of drug-likeness (QED) is 0.0378. The molecule has 0 heterocycles. The minimum Gasteiger partial charge on any atom is -0.481 e. The fourth-order valence-corrected chi connectivity index (χ4v) is 2.92. The zero-order valence-corrected chi connectivity index (χ0v) is 20.9. The third-order valence-electron chi connectivity index (χ3n) is 4.66. The number of amides is 5. The van der Waals surface area contributed by atoms with E-state index in [2.05, 4.69) is 31.9 Å². The Morgan fingerprint density at radius 2 is 1.62 bits per heavy atom. The molecule has 0 bridgehead atoms. The lowest BCUT2D eigenvalue weighted by atomic mass is 10.1. The summed E-state index contributed by atoms with van der Waals surface area (Å²) in [6, 6.07) is -3.57. The largest absolute Gasteiger partial charge is 0.481 e. The van der Waals surface area contributed by atoms with Crippen LogP contribution in [0.15, 0.2) is 12.2 Å². The van der Waals surface area contributed by atoms with E-state index < -0.39 is 66.6 Å². The van der Waals surface area contributed by atoms with Crippen LogP contribution in [-0.4, -0.2) is 91.4 Å². The van der Waals surface area contributed by atoms with Gasteiger partial charge >= 0.3 is 5.97 Å². The summed E-state index contributed by atoms with van der Waals surface area (Å²) in [7, 11) is 1.27. The molecule has 0 aliphatic carbocycles. The molecule has 0 rings (SSSR count). The van der Waals surface area contributed by atoms with Gasteiger partial charge in [-0.3, -0.25) is 34.2 Å². The molecule has 0 aliphatic rings. The maximum absolute atomic E-state index is 12.8. The van der Waals surface area contributed by atoms with Crippen molar-refractivity contribution in [3.8, 4) is 0 Å². The predicted octanol–water partition coefficient (Wildman–Crippen LogP) is -4.03. The summed E-state index contributed by atoms with van der Waals surface area (Å²) in [6.07, 6.45) is 3.49. The van der Waals surface area contributed by atoms with Crippen LogP contribution in [0.4, 0.5) is 0 Å². The SMILES string of the molecule is CNC(=O)[C@H](CC(=O)O)NC(=O)CNC(=O)[C@H](/C=C/CNC(=N)N)NC(=O)[C@H](CCCCN)NC(C)=O. The second-order valence-electron chi connectivity index (χ2n) is 7.80. The standard InChI is InChI=1S/C21H37N9O7/c1-12(31)28-14(6-3-4-8-22)20(37)30-13(7-5-9-26-21(23)24)19(36)27-11-16(32)29-15(10-17(33)34)18(35)25-2/h5,7,13-15H,3-4,6,8-11,22H2,1-2H3,(H,25,35)(H,27,36)(H,28,31)(H,29,32)(H,30,37)(H,33,34)(H4,23,24,26)/b7-5+/t13-,14-,15-/m0/s1. The average molecular weight is 528 g/mol. The topological polar surface area (TPSA) is 271 Å². The number of hydrogen-bond donors (Lipinski definition) is 10. The molecule has 0 aromatic heterocycles. The van der Waals surface area contributed by atoms with Crippen molar-refractivity contribution in [2.75, 3.05) is 26.7 Å². The van der Waals surface area contributed by atoms with Gasteiger partial charge < -0.3 is 48.5 Å². The molecule has 0 saturated carbocycles. The summed E-state index contributed by atoms with van der Waals surface area (Å²) in [4.78, 5) is 72.0. The zero-order valence-electron chi connectivity index (χ0n) is 20.9. The second-order valence-corrected chi connectivity index (χ2v) is 7.80. The lowest BCUT2D eigenvalue weighted by Crippen LogP contribution is -2.54. The van der Waals surface area contributed by atoms with Gasteiger partial charge in [-0.1, -0.05) is 12.2 Å². The summed E-state index contributed by atoms with van der Waals surface area (Å²) in [6.45, 7) is 1.09. The molecule has 0 spiro atoms. The molecule has 3 atom stereocenters. The van der Waals surface area contributed by atoms with Crippen LogP contribution in [0, 0.1) is 5.41 Å². The van der Waals surface area contributed by atoms with Gasteiger partial charge in [0.2, 0.25) is 29.5 Å². The van der Waals surface area contributed by atoms with Crippen LogP contribution in [0.5, 0.6) is 0 Å². The molecule has 0 aromatic rings. The molecule has 0 unspecified atom stereocenters. The van der Waals surface area contributed by atoms with Crippen molar-refractivity contribution in [2.24, 2.45) is 11.5 Å². The van der Waals surface area contributed by atoms with E-state index in [9.17, 15) is 28.8 Å². The Balaban J connectivity index is 5.39. The average Bonchev–Trinajstić information content (AvgIpc) is 2.82. The molecule has 16 nitrogen and oxygen atoms in total. The molecule has 12 N–H and O–H groups in total. The van der Waals surface area contributed by atoms with Crippen LogP contribution in [-0.2, 0) is 28.8 Å². The maximum Gasteiger partial charge on any atom is 0.305 e. The Morgan fingerprint density at radius 1 is 0.946 bits per heavy atom. The Labute approximate surface area is 214 Å². The van der Waals surface area contributed by atoms with Gasteiger partial charge in [0.1, 0.15) is 18.1 Å². The van der Waals surface area contributed by atoms with Gasteiger partial charge in [-0.25, -0.2) is 0 Å². The van der Waals surface area contributed by atoms with E-state index in [0.717, 1.165) is 0 Å². The van der Waals surface area contributed by atoms with E-state index in [1.54, 1.807) is 0 Å². The highest BCUT2D eigenvalue weighted by molar-refractivity contribution is 5.95. The van der Waals surface area contributed by atoms with E-state index in [0.29, 0.717) is 19.4 Å². The van der Waals surface area contributed by atoms with Crippen molar-refractivity contribution in [1.29, 1.82) is 5.41 Å². The smallest absolute Gasteiger partial charge is 0.305 e. The Hall–Kier alpha value is -4.21. The van der Waals surface area contributed by atoms with E-state index in [1.807, 2.05) is 0 Å². The molecule has 5 amide bonds. The van der Waals surface area contributed by atoms with Crippen molar-refractivity contribution in [2.45, 2.75) is 50.7 Å². The zero-order chi connectivity index (χ0) is 28.4. The Bertz CT molecular complexity index is 863. The fraction of sp³-hybridized carbons (Fsp3) is 0.571. The molecule has 0 aliphatic heterocycles. The number of rotatable bonds is 17. The number of aliphatic carboxylic acids is 1. The molecular weight excluding hydrogens is 490 g/mol. The molecule has 0 aromatic carbocycles. The number of carboxylic acids is 1. The third kappa shape index (κ3) is 15.4. The van der Waals surface area contributed by atoms with E-state index in [1.165, 1.54) is 26.1 Å². The molecule has 0 radical (unpaired) electrons. The van der Waals surface area contributed by atoms with Crippen LogP contribution >= 0.6 is 0 Å². The fourth-order valence-electron chi connectivity index (χ4n) is 2.92. The first-order chi connectivity index (χ1) is 17.4. The summed E-state index contributed by atoms with van der Waals surface area (Å²) >= 11 is 0. The Kier molecular flexibility index (Phi) is 16.1. The van der Waals surface area contributed by atoms with Gasteiger partial charge in [0.25, 0.3) is 0 Å². The number of carbonyl (C=O) groups excluding carboxylic acids is 5. The first kappa shape index (κ1) is 32.8. The number of guanidine groups is 1. The Morgan fingerprint density at radius 3 is 2.16 bits per heavy atom. The number of nitrogens with one attached hydrogen (secondary N) is 7. The van der Waals surface area contributed by atoms with Gasteiger partial charge in [0.15, 0.2) is 5.96 Å². The van der Waals surface area contributed by atoms with Gasteiger partial charge in [0.05, 0.1) is 13.0 Å². The van der Waals surface area contributed by atoms with Gasteiger partial charge in [-0.2, -0.15) is 0 Å². The summed E-state index contributed by atoms with van der Waals surface area (Å²) in [5, 5.41) is 30.3. The van der Waals surface area contributed by atoms with Crippen molar-refractivity contribution in [3.05, 3.63) is 12.2 Å². The molecule has 16 heteroatoms. The molecule has 208 valence electrons. The lowest BCUT2D eigenvalue weighted by molar-refractivity contribution is -0.140. The van der Waals surface area contributed by atoms with Crippen molar-refractivity contribution < 1.29 is 33.9 Å². The van der Waals surface area contributed by atoms with Crippen LogP contribution in [0.25, 0.3) is 0 Å². The number of carboxylic acid groups (broad SMARTS) is 1. The summed E-state index contributed by atoms with van der Waals surface area (Å²) < 4.78 is 0. The number of likely N-dealkylation sites (N-methyl/N-ethyl adjacent to an activating group) is 1. The van der Waals surface area contributed by atoms with Gasteiger partial charge in [-0.05, 0) is 25.8 Å². The highest BCUT2D eigenvalue weighted by Crippen LogP contribution is 2.02. The normalized spacial score (nSPS) is 12.9. The summed E-state index contributed by atoms with van der Waals surface area (Å²) in [5.74, 6) is -5.10. The maximum atomic E-state index is 12.8. The number of nitrogens with two attached hydrogens (primary N) is 2. The van der Waals surface area contributed by atoms with Crippen LogP contribution in [0.1, 0.15) is 32.6 Å². The number of unbranched alkanes of at least 4 members (excludes halogenated alkanes) is 1. The minimum atomic E-state index is -1.35. The predicted molar refractivity (Wildman–Crippen MR) is 133 cm³/mol. The van der Waals surface area contributed by atoms with Crippen molar-refractivity contribution in [3.63, 3.8) is 0 Å². The lowest BCUT2D eigenvalue weighted by Gasteiger charge is -2.21. The van der Waals surface area contributed by atoms with E-state index >= 15 is 0 Å². The minimum absolute atomic E-state index is 0.0596. The summed E-state index contributed by atoms with van der Waals surface area (Å²) in [5.41, 5.74) is 10.7. The van der Waals surface area contributed by atoms with Gasteiger partial charge in [-0.15, -0.1) is 0 Å².